The molecule has 0 amide bonds. The first-order valence-corrected chi connectivity index (χ1v) is 15.1. The normalized spacial score (nSPS) is 21.2. The van der Waals surface area contributed by atoms with E-state index >= 15 is 0 Å². The number of hydrogen-bond donors (Lipinski definition) is 1. The number of hydrogen-bond acceptors (Lipinski definition) is 14. The van der Waals surface area contributed by atoms with E-state index in [1.54, 1.807) is 24.3 Å². The predicted molar refractivity (Wildman–Crippen MR) is 162 cm³/mol. The summed E-state index contributed by atoms with van der Waals surface area (Å²) in [7, 11) is 0. The third kappa shape index (κ3) is 8.89. The molecule has 14 nitrogen and oxygen atoms in total. The number of ether oxygens (including phenoxy) is 5. The Morgan fingerprint density at radius 3 is 2.22 bits per heavy atom. The molecule has 238 valence electrons. The van der Waals surface area contributed by atoms with E-state index in [4.69, 9.17) is 23.7 Å². The van der Waals surface area contributed by atoms with Crippen molar-refractivity contribution in [3.8, 4) is 17.1 Å². The first kappa shape index (κ1) is 33.6. The fourth-order valence-corrected chi connectivity index (χ4v) is 5.80. The Bertz CT molecular complexity index is 1580. The maximum atomic E-state index is 12.3. The summed E-state index contributed by atoms with van der Waals surface area (Å²) in [5.41, 5.74) is -0.110. The van der Waals surface area contributed by atoms with Gasteiger partial charge in [0.1, 0.15) is 18.5 Å². The number of aromatic nitrogens is 3. The van der Waals surface area contributed by atoms with Crippen LogP contribution in [-0.2, 0) is 42.9 Å². The van der Waals surface area contributed by atoms with Crippen LogP contribution in [0.2, 0.25) is 0 Å². The standard InChI is InChI=1S/C29H29BrN4O10S/c1-15(35)40-14-23-24(41-16(2)36)25(42-17(3)37)26(43-18(4)38)28(44-23)45-29-33-32-27(19-8-6-5-7-9-19)34(29)31-13-20-12-21(30)10-11-22(20)39/h5-13,23-26,28,39H,14H2,1-4H3/b31-13+/t23-,24-,25+,26-,28+/m1/s1. The molecule has 45 heavy (non-hydrogen) atoms. The molecule has 1 fully saturated rings. The van der Waals surface area contributed by atoms with Crippen molar-refractivity contribution in [3.63, 3.8) is 0 Å². The minimum absolute atomic E-state index is 0.0231. The first-order valence-electron chi connectivity index (χ1n) is 13.4. The second-order valence-electron chi connectivity index (χ2n) is 9.62. The van der Waals surface area contributed by atoms with Crippen molar-refractivity contribution in [3.05, 3.63) is 58.6 Å². The van der Waals surface area contributed by atoms with Crippen molar-refractivity contribution in [2.75, 3.05) is 6.61 Å². The summed E-state index contributed by atoms with van der Waals surface area (Å²) in [6.45, 7) is 4.25. The Morgan fingerprint density at radius 1 is 0.933 bits per heavy atom. The lowest BCUT2D eigenvalue weighted by Crippen LogP contribution is -2.61. The average Bonchev–Trinajstić information content (AvgIpc) is 3.37. The number of nitrogens with zero attached hydrogens (tertiary/aromatic N) is 4. The Balaban J connectivity index is 1.80. The third-order valence-electron chi connectivity index (χ3n) is 6.12. The van der Waals surface area contributed by atoms with Gasteiger partial charge in [-0.15, -0.1) is 10.2 Å². The van der Waals surface area contributed by atoms with E-state index in [1.165, 1.54) is 23.9 Å². The maximum Gasteiger partial charge on any atom is 0.303 e. The molecular formula is C29H29BrN4O10S. The van der Waals surface area contributed by atoms with E-state index in [0.29, 0.717) is 21.4 Å². The van der Waals surface area contributed by atoms with E-state index < -0.39 is 53.7 Å². The molecule has 2 aromatic carbocycles. The molecule has 4 rings (SSSR count). The lowest BCUT2D eigenvalue weighted by atomic mass is 9.99. The van der Waals surface area contributed by atoms with E-state index in [-0.39, 0.29) is 17.5 Å². The van der Waals surface area contributed by atoms with Crippen molar-refractivity contribution >= 4 is 57.8 Å². The second kappa shape index (κ2) is 15.1. The van der Waals surface area contributed by atoms with Gasteiger partial charge in [0.05, 0.1) is 6.21 Å². The van der Waals surface area contributed by atoms with Gasteiger partial charge in [0.15, 0.2) is 29.6 Å². The zero-order chi connectivity index (χ0) is 32.7. The topological polar surface area (TPSA) is 178 Å². The molecule has 2 heterocycles. The van der Waals surface area contributed by atoms with E-state index in [9.17, 15) is 24.3 Å². The summed E-state index contributed by atoms with van der Waals surface area (Å²) in [5.74, 6) is -2.55. The van der Waals surface area contributed by atoms with Crippen molar-refractivity contribution in [2.45, 2.75) is 62.7 Å². The second-order valence-corrected chi connectivity index (χ2v) is 11.6. The Labute approximate surface area is 270 Å². The van der Waals surface area contributed by atoms with Crippen LogP contribution in [0.15, 0.2) is 63.3 Å². The van der Waals surface area contributed by atoms with Crippen LogP contribution in [0.1, 0.15) is 33.3 Å². The van der Waals surface area contributed by atoms with Gasteiger partial charge >= 0.3 is 23.9 Å². The molecule has 0 bridgehead atoms. The molecule has 0 unspecified atom stereocenters. The van der Waals surface area contributed by atoms with Crippen molar-refractivity contribution in [2.24, 2.45) is 5.10 Å². The number of thioether (sulfide) groups is 1. The van der Waals surface area contributed by atoms with Crippen molar-refractivity contribution in [1.29, 1.82) is 0 Å². The summed E-state index contributed by atoms with van der Waals surface area (Å²) in [6, 6.07) is 13.9. The van der Waals surface area contributed by atoms with Crippen molar-refractivity contribution in [1.82, 2.24) is 14.9 Å². The van der Waals surface area contributed by atoms with Gasteiger partial charge in [-0.1, -0.05) is 46.3 Å². The highest BCUT2D eigenvalue weighted by atomic mass is 79.9. The number of phenols is 1. The lowest BCUT2D eigenvalue weighted by Gasteiger charge is -2.43. The Hall–Kier alpha value is -4.28. The summed E-state index contributed by atoms with van der Waals surface area (Å²) < 4.78 is 30.0. The van der Waals surface area contributed by atoms with Crippen LogP contribution in [0.3, 0.4) is 0 Å². The Kier molecular flexibility index (Phi) is 11.3. The first-order chi connectivity index (χ1) is 21.4. The highest BCUT2D eigenvalue weighted by Gasteiger charge is 2.53. The number of phenolic OH excluding ortho intramolecular Hbond substituents is 1. The molecule has 1 aliphatic heterocycles. The molecule has 1 saturated heterocycles. The SMILES string of the molecule is CC(=O)OC[C@H]1O[C@@H](Sc2nnc(-c3ccccc3)n2/N=C/c2cc(Br)ccc2O)[C@H](OC(C)=O)[C@@H](OC(C)=O)[C@@H]1OC(C)=O. The monoisotopic (exact) mass is 704 g/mol. The molecule has 0 aliphatic carbocycles. The summed E-state index contributed by atoms with van der Waals surface area (Å²) in [4.78, 5) is 48.2. The minimum Gasteiger partial charge on any atom is -0.507 e. The summed E-state index contributed by atoms with van der Waals surface area (Å²) >= 11 is 4.30. The smallest absolute Gasteiger partial charge is 0.303 e. The lowest BCUT2D eigenvalue weighted by molar-refractivity contribution is -0.237. The number of benzene rings is 2. The van der Waals surface area contributed by atoms with E-state index in [2.05, 4.69) is 31.2 Å². The Morgan fingerprint density at radius 2 is 1.58 bits per heavy atom. The number of aromatic hydroxyl groups is 1. The van der Waals surface area contributed by atoms with Crippen LogP contribution in [0.5, 0.6) is 5.75 Å². The highest BCUT2D eigenvalue weighted by Crippen LogP contribution is 2.38. The molecule has 0 saturated carbocycles. The van der Waals surface area contributed by atoms with Gasteiger partial charge in [0, 0.05) is 43.3 Å². The summed E-state index contributed by atoms with van der Waals surface area (Å²) in [5, 5.41) is 23.7. The molecule has 1 aliphatic rings. The largest absolute Gasteiger partial charge is 0.507 e. The predicted octanol–water partition coefficient (Wildman–Crippen LogP) is 3.47. The third-order valence-corrected chi connectivity index (χ3v) is 7.69. The van der Waals surface area contributed by atoms with Gasteiger partial charge < -0.3 is 28.8 Å². The van der Waals surface area contributed by atoms with Crippen LogP contribution >= 0.6 is 27.7 Å². The van der Waals surface area contributed by atoms with E-state index in [1.807, 2.05) is 18.2 Å². The minimum atomic E-state index is -1.35. The fraction of sp³-hybridized carbons (Fsp3) is 0.345. The number of halogens is 1. The zero-order valence-electron chi connectivity index (χ0n) is 24.5. The molecule has 1 aromatic heterocycles. The number of rotatable bonds is 10. The maximum absolute atomic E-state index is 12.3. The molecule has 3 aromatic rings. The van der Waals surface area contributed by atoms with Gasteiger partial charge in [0.2, 0.25) is 5.16 Å². The molecule has 0 radical (unpaired) electrons. The van der Waals surface area contributed by atoms with E-state index in [0.717, 1.165) is 32.5 Å². The van der Waals surface area contributed by atoms with Gasteiger partial charge in [0.25, 0.3) is 0 Å². The van der Waals surface area contributed by atoms with Gasteiger partial charge in [-0.05, 0) is 30.0 Å². The van der Waals surface area contributed by atoms with Crippen LogP contribution in [-0.4, -0.2) is 86.5 Å². The van der Waals surface area contributed by atoms with Crippen LogP contribution in [0, 0.1) is 0 Å². The zero-order valence-corrected chi connectivity index (χ0v) is 26.9. The molecule has 0 spiro atoms. The average molecular weight is 706 g/mol. The molecule has 1 N–H and O–H groups in total. The summed E-state index contributed by atoms with van der Waals surface area (Å²) in [6.07, 6.45) is -3.71. The molecule has 5 atom stereocenters. The fourth-order valence-electron chi connectivity index (χ4n) is 4.35. The van der Waals surface area contributed by atoms with Gasteiger partial charge in [-0.2, -0.15) is 9.78 Å². The number of esters is 4. The molecular weight excluding hydrogens is 676 g/mol. The molecule has 16 heteroatoms. The van der Waals surface area contributed by atoms with Gasteiger partial charge in [-0.25, -0.2) is 0 Å². The van der Waals surface area contributed by atoms with Gasteiger partial charge in [-0.3, -0.25) is 19.2 Å². The van der Waals surface area contributed by atoms with Crippen LogP contribution < -0.4 is 0 Å². The van der Waals surface area contributed by atoms with Crippen molar-refractivity contribution < 1.29 is 48.0 Å². The quantitative estimate of drug-likeness (QED) is 0.184. The number of carbonyl (C=O) groups is 4. The number of carbonyl (C=O) groups excluding carboxylic acids is 4. The van der Waals surface area contributed by atoms with Crippen LogP contribution in [0.25, 0.3) is 11.4 Å². The highest BCUT2D eigenvalue weighted by molar-refractivity contribution is 9.10. The van der Waals surface area contributed by atoms with Crippen LogP contribution in [0.4, 0.5) is 0 Å².